The van der Waals surface area contributed by atoms with Crippen molar-refractivity contribution in [2.75, 3.05) is 13.2 Å². The molecule has 0 saturated carbocycles. The van der Waals surface area contributed by atoms with Gasteiger partial charge in [-0.15, -0.1) is 0 Å². The van der Waals surface area contributed by atoms with E-state index in [4.69, 9.17) is 28.4 Å². The zero-order valence-electron chi connectivity index (χ0n) is 45.8. The van der Waals surface area contributed by atoms with Crippen LogP contribution in [0.25, 0.3) is 10.8 Å². The van der Waals surface area contributed by atoms with Gasteiger partial charge in [0, 0.05) is 0 Å². The number of ether oxygens (including phenoxy) is 6. The second-order valence-electron chi connectivity index (χ2n) is 20.0. The van der Waals surface area contributed by atoms with Crippen LogP contribution >= 0.6 is 0 Å². The summed E-state index contributed by atoms with van der Waals surface area (Å²) in [7, 11) is 0. The molecule has 6 rings (SSSR count). The summed E-state index contributed by atoms with van der Waals surface area (Å²) in [6.07, 6.45) is 29.3. The molecule has 12 heteroatoms. The monoisotopic (exact) mass is 1070 g/mol. The molecule has 0 heterocycles. The fourth-order valence-corrected chi connectivity index (χ4v) is 9.05. The van der Waals surface area contributed by atoms with E-state index in [9.17, 15) is 28.0 Å². The Labute approximate surface area is 460 Å². The molecule has 416 valence electrons. The average Bonchev–Trinajstić information content (AvgIpc) is 3.45. The summed E-state index contributed by atoms with van der Waals surface area (Å²) >= 11 is 0. The number of esters is 4. The Hall–Kier alpha value is -7.08. The first-order valence-corrected chi connectivity index (χ1v) is 28.6. The maximum atomic E-state index is 14.9. The molecule has 0 aromatic heterocycles. The van der Waals surface area contributed by atoms with E-state index < -0.39 is 35.5 Å². The highest BCUT2D eigenvalue weighted by atomic mass is 19.1. The third kappa shape index (κ3) is 21.0. The summed E-state index contributed by atoms with van der Waals surface area (Å²) in [6.45, 7) is 5.27. The van der Waals surface area contributed by atoms with Crippen molar-refractivity contribution < 1.29 is 56.4 Å². The van der Waals surface area contributed by atoms with Crippen molar-refractivity contribution >= 4 is 34.6 Å². The number of halogens is 2. The zero-order chi connectivity index (χ0) is 55.2. The highest BCUT2D eigenvalue weighted by Gasteiger charge is 2.17. The predicted molar refractivity (Wildman–Crippen MR) is 303 cm³/mol. The number of hydrogen-bond acceptors (Lipinski definition) is 10. The first-order chi connectivity index (χ1) is 38.1. The smallest absolute Gasteiger partial charge is 0.343 e. The van der Waals surface area contributed by atoms with E-state index in [0.717, 1.165) is 56.0 Å². The summed E-state index contributed by atoms with van der Waals surface area (Å²) in [6, 6.07) is 29.5. The van der Waals surface area contributed by atoms with Crippen molar-refractivity contribution in [3.63, 3.8) is 0 Å². The van der Waals surface area contributed by atoms with Crippen molar-refractivity contribution in [3.05, 3.63) is 155 Å². The van der Waals surface area contributed by atoms with Crippen LogP contribution in [0.5, 0.6) is 34.5 Å². The highest BCUT2D eigenvalue weighted by Crippen LogP contribution is 2.28. The molecule has 6 aromatic rings. The van der Waals surface area contributed by atoms with E-state index in [2.05, 4.69) is 13.8 Å². The van der Waals surface area contributed by atoms with Gasteiger partial charge in [-0.3, -0.25) is 0 Å². The van der Waals surface area contributed by atoms with Gasteiger partial charge in [0.25, 0.3) is 0 Å². The van der Waals surface area contributed by atoms with Gasteiger partial charge in [0.1, 0.15) is 23.0 Å². The van der Waals surface area contributed by atoms with Gasteiger partial charge in [-0.1, -0.05) is 167 Å². The third-order valence-electron chi connectivity index (χ3n) is 13.7. The molecule has 0 aliphatic rings. The number of hydrogen-bond donors (Lipinski definition) is 0. The SMILES string of the molecule is CCCCCCCCCCCCCCOc1ccc(C(=O)Oc2ccc(C(=O)Oc3ccc4ccc(OC(=O)c5ccc(OC(=O)c6ccc(OCCCCCCCCCCCCCC)c(F)c6)cc5)cc4c3)cc2)cc1F. The molecule has 0 unspecified atom stereocenters. The fraction of sp³-hybridized carbons (Fsp3) is 0.424. The Morgan fingerprint density at radius 1 is 0.308 bits per heavy atom. The largest absolute Gasteiger partial charge is 0.491 e. The maximum Gasteiger partial charge on any atom is 0.343 e. The number of unbranched alkanes of at least 4 members (excludes halogenated alkanes) is 22. The van der Waals surface area contributed by atoms with Gasteiger partial charge in [0.2, 0.25) is 0 Å². The zero-order valence-corrected chi connectivity index (χ0v) is 45.8. The van der Waals surface area contributed by atoms with E-state index >= 15 is 0 Å². The lowest BCUT2D eigenvalue weighted by atomic mass is 10.1. The molecule has 0 fully saturated rings. The molecular weight excluding hydrogens is 991 g/mol. The molecule has 0 bridgehead atoms. The molecular formula is C66H78F2O10. The number of benzene rings is 6. The molecule has 10 nitrogen and oxygen atoms in total. The van der Waals surface area contributed by atoms with Crippen LogP contribution < -0.4 is 28.4 Å². The Bertz CT molecular complexity index is 2610. The van der Waals surface area contributed by atoms with Gasteiger partial charge < -0.3 is 28.4 Å². The number of fused-ring (bicyclic) bond motifs is 1. The number of carbonyl (C=O) groups is 4. The first kappa shape index (κ1) is 60.2. The van der Waals surface area contributed by atoms with Crippen LogP contribution in [0.2, 0.25) is 0 Å². The molecule has 0 spiro atoms. The Morgan fingerprint density at radius 3 is 0.923 bits per heavy atom. The Morgan fingerprint density at radius 2 is 0.590 bits per heavy atom. The molecule has 0 aliphatic heterocycles. The van der Waals surface area contributed by atoms with Crippen LogP contribution in [0.3, 0.4) is 0 Å². The van der Waals surface area contributed by atoms with Gasteiger partial charge in [0.15, 0.2) is 23.1 Å². The minimum absolute atomic E-state index is 0.0146. The Kier molecular flexibility index (Phi) is 26.2. The Balaban J connectivity index is 0.884. The minimum Gasteiger partial charge on any atom is -0.491 e. The maximum absolute atomic E-state index is 14.9. The molecule has 0 atom stereocenters. The summed E-state index contributed by atoms with van der Waals surface area (Å²) in [5, 5.41) is 1.42. The lowest BCUT2D eigenvalue weighted by Gasteiger charge is -2.10. The number of carbonyl (C=O) groups excluding carboxylic acids is 4. The van der Waals surface area contributed by atoms with Gasteiger partial charge in [-0.2, -0.15) is 0 Å². The van der Waals surface area contributed by atoms with Gasteiger partial charge in [0.05, 0.1) is 35.5 Å². The van der Waals surface area contributed by atoms with Crippen molar-refractivity contribution in [1.82, 2.24) is 0 Å². The van der Waals surface area contributed by atoms with E-state index in [1.807, 2.05) is 0 Å². The second-order valence-corrected chi connectivity index (χ2v) is 20.0. The number of rotatable bonds is 36. The normalized spacial score (nSPS) is 11.1. The predicted octanol–water partition coefficient (Wildman–Crippen LogP) is 18.2. The molecule has 6 aromatic carbocycles. The lowest BCUT2D eigenvalue weighted by molar-refractivity contribution is 0.0720. The third-order valence-corrected chi connectivity index (χ3v) is 13.7. The van der Waals surface area contributed by atoms with Crippen LogP contribution in [0.15, 0.2) is 121 Å². The van der Waals surface area contributed by atoms with E-state index in [1.54, 1.807) is 36.4 Å². The van der Waals surface area contributed by atoms with Crippen molar-refractivity contribution in [1.29, 1.82) is 0 Å². The lowest BCUT2D eigenvalue weighted by Crippen LogP contribution is -2.11. The van der Waals surface area contributed by atoms with Crippen LogP contribution in [-0.2, 0) is 0 Å². The van der Waals surface area contributed by atoms with Crippen LogP contribution in [0.4, 0.5) is 8.78 Å². The quantitative estimate of drug-likeness (QED) is 0.0213. The summed E-state index contributed by atoms with van der Waals surface area (Å²) in [4.78, 5) is 52.0. The van der Waals surface area contributed by atoms with Crippen molar-refractivity contribution in [2.45, 2.75) is 168 Å². The highest BCUT2D eigenvalue weighted by molar-refractivity contribution is 5.95. The summed E-state index contributed by atoms with van der Waals surface area (Å²) < 4.78 is 63.2. The van der Waals surface area contributed by atoms with E-state index in [0.29, 0.717) is 18.6 Å². The molecule has 0 amide bonds. The van der Waals surface area contributed by atoms with Crippen LogP contribution in [-0.4, -0.2) is 37.1 Å². The van der Waals surface area contributed by atoms with Crippen molar-refractivity contribution in [3.8, 4) is 34.5 Å². The van der Waals surface area contributed by atoms with Gasteiger partial charge >= 0.3 is 23.9 Å². The van der Waals surface area contributed by atoms with E-state index in [1.165, 1.54) is 188 Å². The summed E-state index contributed by atoms with van der Waals surface area (Å²) in [5.41, 5.74) is 0.404. The molecule has 0 radical (unpaired) electrons. The van der Waals surface area contributed by atoms with Crippen LogP contribution in [0.1, 0.15) is 209 Å². The topological polar surface area (TPSA) is 124 Å². The molecule has 0 aliphatic carbocycles. The standard InChI is InChI=1S/C66H78F2O10/c1-3-5-7-9-11-13-15-17-19-21-23-25-43-73-61-41-33-52(47-59(61)67)65(71)75-55-35-29-50(30-36-55)63(69)77-57-39-27-49-28-40-58(46-54(49)45-57)78-64(70)51-31-37-56(38-32-51)76-66(72)53-34-42-62(60(68)48-53)74-44-26-24-22-20-18-16-14-12-10-8-6-4-2/h27-42,45-48H,3-26,43-44H2,1-2H3. The summed E-state index contributed by atoms with van der Waals surface area (Å²) in [5.74, 6) is -3.24. The van der Waals surface area contributed by atoms with E-state index in [-0.39, 0.29) is 56.8 Å². The minimum atomic E-state index is -0.767. The fourth-order valence-electron chi connectivity index (χ4n) is 9.05. The molecule has 78 heavy (non-hydrogen) atoms. The van der Waals surface area contributed by atoms with Gasteiger partial charge in [-0.05, 0) is 133 Å². The van der Waals surface area contributed by atoms with Crippen LogP contribution in [0, 0.1) is 11.6 Å². The van der Waals surface area contributed by atoms with Gasteiger partial charge in [-0.25, -0.2) is 28.0 Å². The first-order valence-electron chi connectivity index (χ1n) is 28.6. The van der Waals surface area contributed by atoms with Crippen molar-refractivity contribution in [2.24, 2.45) is 0 Å². The second kappa shape index (κ2) is 33.9. The molecule has 0 N–H and O–H groups in total. The molecule has 0 saturated heterocycles. The average molecular weight is 1070 g/mol.